The molecule has 0 saturated carbocycles. The van der Waals surface area contributed by atoms with Crippen LogP contribution in [0.4, 0.5) is 0 Å². The van der Waals surface area contributed by atoms with E-state index in [2.05, 4.69) is 0 Å². The van der Waals surface area contributed by atoms with Crippen LogP contribution in [-0.4, -0.2) is 262 Å². The molecule has 26 nitrogen and oxygen atoms in total. The lowest BCUT2D eigenvalue weighted by Crippen LogP contribution is -2.69. The lowest BCUT2D eigenvalue weighted by Gasteiger charge is -2.51. The van der Waals surface area contributed by atoms with E-state index in [0.717, 1.165) is 0 Å². The van der Waals surface area contributed by atoms with Crippen LogP contribution in [0.3, 0.4) is 0 Å². The maximum Gasteiger partial charge on any atom is 0.335 e. The van der Waals surface area contributed by atoms with Gasteiger partial charge in [0.25, 0.3) is 0 Å². The largest absolute Gasteiger partial charge is 0.479 e. The smallest absolute Gasteiger partial charge is 0.335 e. The fourth-order valence-electron chi connectivity index (χ4n) is 6.67. The van der Waals surface area contributed by atoms with E-state index < -0.39 is 180 Å². The third kappa shape index (κ3) is 9.07. The van der Waals surface area contributed by atoms with Crippen molar-refractivity contribution < 1.29 is 129 Å². The number of carbonyl (C=O) groups is 1. The molecule has 55 heavy (non-hydrogen) atoms. The molecule has 0 aromatic rings. The van der Waals surface area contributed by atoms with Gasteiger partial charge in [0.05, 0.1) is 26.4 Å². The van der Waals surface area contributed by atoms with Crippen LogP contribution >= 0.6 is 0 Å². The van der Waals surface area contributed by atoms with Gasteiger partial charge in [-0.05, 0) is 0 Å². The first kappa shape index (κ1) is 44.6. The van der Waals surface area contributed by atoms with Gasteiger partial charge in [0, 0.05) is 0 Å². The quantitative estimate of drug-likeness (QED) is 0.0870. The first-order valence-corrected chi connectivity index (χ1v) is 17.0. The number of aliphatic hydroxyl groups excluding tert-OH is 15. The number of aliphatic carboxylic acids is 1. The molecule has 24 atom stereocenters. The summed E-state index contributed by atoms with van der Waals surface area (Å²) in [7, 11) is 0. The highest BCUT2D eigenvalue weighted by atomic mass is 16.8. The highest BCUT2D eigenvalue weighted by molar-refractivity contribution is 5.73. The molecule has 0 bridgehead atoms. The number of rotatable bonds is 12. The summed E-state index contributed by atoms with van der Waals surface area (Å²) in [5.74, 6) is -1.84. The van der Waals surface area contributed by atoms with Gasteiger partial charge < -0.3 is 124 Å². The molecular weight excluding hydrogens is 764 g/mol. The molecule has 5 aliphatic heterocycles. The Labute approximate surface area is 309 Å². The van der Waals surface area contributed by atoms with Crippen LogP contribution in [0, 0.1) is 0 Å². The maximum atomic E-state index is 11.8. The lowest BCUT2D eigenvalue weighted by atomic mass is 9.95. The van der Waals surface area contributed by atoms with Crippen molar-refractivity contribution >= 4 is 5.97 Å². The number of carboxylic acid groups (broad SMARTS) is 1. The molecule has 5 aliphatic rings. The zero-order chi connectivity index (χ0) is 40.6. The SMILES string of the molecule is O=C(O)[C@H]1O[C@@H](O[C@@H]2[C@@H](O[C@H]3[C@H](O)[C@@H](CO)OC(O)[C@H]3O)O[C@H](CO)[C@@H](O)[C@@H]2O[C@H]2O[C@H](CO)[C@@H](O)[C@H](O)[C@@H]2O[C@@H]2OC[C@@H](O)[C@H](O)[C@H]2O)[C@H](O)[C@@H](O)[C@@H]1O. The summed E-state index contributed by atoms with van der Waals surface area (Å²) in [5, 5.41) is 166. The molecule has 5 rings (SSSR count). The van der Waals surface area contributed by atoms with Gasteiger partial charge in [0.15, 0.2) is 37.6 Å². The topological polar surface area (TPSA) is 424 Å². The van der Waals surface area contributed by atoms with Crippen molar-refractivity contribution in [3.05, 3.63) is 0 Å². The number of hydrogen-bond acceptors (Lipinski definition) is 25. The molecule has 320 valence electrons. The van der Waals surface area contributed by atoms with Crippen molar-refractivity contribution in [2.24, 2.45) is 0 Å². The van der Waals surface area contributed by atoms with E-state index in [0.29, 0.717) is 0 Å². The third-order valence-corrected chi connectivity index (χ3v) is 9.90. The summed E-state index contributed by atoms with van der Waals surface area (Å²) in [6, 6.07) is 0. The second-order valence-corrected chi connectivity index (χ2v) is 13.5. The Bertz CT molecular complexity index is 1240. The molecule has 16 N–H and O–H groups in total. The van der Waals surface area contributed by atoms with Crippen molar-refractivity contribution in [3.63, 3.8) is 0 Å². The minimum absolute atomic E-state index is 0.594. The van der Waals surface area contributed by atoms with Gasteiger partial charge in [-0.15, -0.1) is 0 Å². The normalized spacial score (nSPS) is 52.5. The van der Waals surface area contributed by atoms with Gasteiger partial charge in [-0.3, -0.25) is 0 Å². The van der Waals surface area contributed by atoms with Gasteiger partial charge in [-0.2, -0.15) is 0 Å². The van der Waals surface area contributed by atoms with Crippen molar-refractivity contribution in [3.8, 4) is 0 Å². The predicted octanol–water partition coefficient (Wildman–Crippen LogP) is -11.2. The van der Waals surface area contributed by atoms with E-state index >= 15 is 0 Å². The molecule has 26 heteroatoms. The molecule has 0 aromatic carbocycles. The Morgan fingerprint density at radius 1 is 0.455 bits per heavy atom. The maximum absolute atomic E-state index is 11.8. The molecule has 0 spiro atoms. The van der Waals surface area contributed by atoms with Gasteiger partial charge in [0.2, 0.25) is 0 Å². The first-order chi connectivity index (χ1) is 25.9. The van der Waals surface area contributed by atoms with Gasteiger partial charge >= 0.3 is 5.97 Å². The average Bonchev–Trinajstić information content (AvgIpc) is 3.16. The number of aliphatic hydroxyl groups is 15. The van der Waals surface area contributed by atoms with Crippen molar-refractivity contribution in [1.82, 2.24) is 0 Å². The number of ether oxygens (including phenoxy) is 9. The van der Waals surface area contributed by atoms with Crippen LogP contribution in [0.1, 0.15) is 0 Å². The van der Waals surface area contributed by atoms with E-state index in [-0.39, 0.29) is 0 Å². The van der Waals surface area contributed by atoms with Crippen LogP contribution in [0.5, 0.6) is 0 Å². The summed E-state index contributed by atoms with van der Waals surface area (Å²) in [5.41, 5.74) is 0. The molecule has 0 aromatic heterocycles. The Morgan fingerprint density at radius 2 is 0.945 bits per heavy atom. The van der Waals surface area contributed by atoms with Crippen LogP contribution < -0.4 is 0 Å². The Kier molecular flexibility index (Phi) is 15.1. The Morgan fingerprint density at radius 3 is 1.55 bits per heavy atom. The fourth-order valence-corrected chi connectivity index (χ4v) is 6.67. The van der Waals surface area contributed by atoms with Gasteiger partial charge in [-0.25, -0.2) is 4.79 Å². The summed E-state index contributed by atoms with van der Waals surface area (Å²) < 4.78 is 49.8. The zero-order valence-electron chi connectivity index (χ0n) is 28.4. The molecule has 1 unspecified atom stereocenters. The predicted molar refractivity (Wildman–Crippen MR) is 161 cm³/mol. The minimum atomic E-state index is -2.28. The lowest BCUT2D eigenvalue weighted by molar-refractivity contribution is -0.410. The standard InChI is InChI=1S/C29H48O26/c30-1-6-10(35)14(39)22(54-26-16(41)9(34)5(33)4-47-26)28(49-6)52-20-12(37)8(3-32)50-29(51-19-11(36)7(2-31)48-25(46)18(19)43)23(20)55-27-17(42)13(38)15(40)21(53-27)24(44)45/h5-23,25-43,46H,1-4H2,(H,44,45)/t5-,6-,7-,8-,9+,10-,11-,12-,13+,14+,15+,16-,17-,18+,19+,20+,21+,22+,23+,25?,26+,27+,28-,29-/m1/s1. The van der Waals surface area contributed by atoms with E-state index in [1.807, 2.05) is 0 Å². The summed E-state index contributed by atoms with van der Waals surface area (Å²) >= 11 is 0. The molecule has 0 aliphatic carbocycles. The van der Waals surface area contributed by atoms with E-state index in [1.165, 1.54) is 0 Å². The van der Waals surface area contributed by atoms with Crippen molar-refractivity contribution in [2.45, 2.75) is 147 Å². The molecular formula is C29H48O26. The molecule has 5 heterocycles. The Hall–Kier alpha value is -1.49. The fraction of sp³-hybridized carbons (Fsp3) is 0.966. The van der Waals surface area contributed by atoms with E-state index in [4.69, 9.17) is 42.6 Å². The molecule has 5 fully saturated rings. The van der Waals surface area contributed by atoms with Crippen LogP contribution in [0.2, 0.25) is 0 Å². The number of hydrogen-bond donors (Lipinski definition) is 16. The second kappa shape index (κ2) is 18.6. The van der Waals surface area contributed by atoms with Crippen LogP contribution in [0.15, 0.2) is 0 Å². The van der Waals surface area contributed by atoms with Crippen molar-refractivity contribution in [2.75, 3.05) is 26.4 Å². The van der Waals surface area contributed by atoms with E-state index in [9.17, 15) is 86.5 Å². The summed E-state index contributed by atoms with van der Waals surface area (Å²) in [6.45, 7) is -3.55. The minimum Gasteiger partial charge on any atom is -0.479 e. The van der Waals surface area contributed by atoms with E-state index in [1.54, 1.807) is 0 Å². The monoisotopic (exact) mass is 812 g/mol. The molecule has 0 radical (unpaired) electrons. The Balaban J connectivity index is 1.53. The van der Waals surface area contributed by atoms with Gasteiger partial charge in [-0.1, -0.05) is 0 Å². The summed E-state index contributed by atoms with van der Waals surface area (Å²) in [4.78, 5) is 11.8. The average molecular weight is 813 g/mol. The highest BCUT2D eigenvalue weighted by Gasteiger charge is 2.58. The first-order valence-electron chi connectivity index (χ1n) is 17.0. The zero-order valence-corrected chi connectivity index (χ0v) is 28.4. The second-order valence-electron chi connectivity index (χ2n) is 13.5. The molecule has 5 saturated heterocycles. The number of carboxylic acids is 1. The van der Waals surface area contributed by atoms with Gasteiger partial charge in [0.1, 0.15) is 110 Å². The highest BCUT2D eigenvalue weighted by Crippen LogP contribution is 2.37. The molecule has 0 amide bonds. The third-order valence-electron chi connectivity index (χ3n) is 9.90. The van der Waals surface area contributed by atoms with Crippen LogP contribution in [0.25, 0.3) is 0 Å². The van der Waals surface area contributed by atoms with Crippen molar-refractivity contribution in [1.29, 1.82) is 0 Å². The van der Waals surface area contributed by atoms with Crippen LogP contribution in [-0.2, 0) is 47.4 Å². The summed E-state index contributed by atoms with van der Waals surface area (Å²) in [6.07, 6.45) is -48.3.